The zero-order valence-corrected chi connectivity index (χ0v) is 5.79. The van der Waals surface area contributed by atoms with Gasteiger partial charge in [-0.15, -0.1) is 0 Å². The minimum absolute atomic E-state index is 0.0256. The summed E-state index contributed by atoms with van der Waals surface area (Å²) in [5.74, 6) is -0.0645. The number of hydrogen-bond donors (Lipinski definition) is 1. The van der Waals surface area contributed by atoms with Gasteiger partial charge >= 0.3 is 0 Å². The predicted octanol–water partition coefficient (Wildman–Crippen LogP) is -0.557. The maximum Gasteiger partial charge on any atom is 0.230 e. The summed E-state index contributed by atoms with van der Waals surface area (Å²) in [6, 6.07) is -0.152. The van der Waals surface area contributed by atoms with Gasteiger partial charge in [-0.1, -0.05) is 0 Å². The summed E-state index contributed by atoms with van der Waals surface area (Å²) in [6.45, 7) is -0.0256. The molecule has 0 aliphatic carbocycles. The van der Waals surface area contributed by atoms with E-state index in [0.29, 0.717) is 6.42 Å². The molecule has 1 N–H and O–H groups in total. The van der Waals surface area contributed by atoms with Gasteiger partial charge in [-0.2, -0.15) is 0 Å². The Hall–Kier alpha value is -0.505. The maximum absolute atomic E-state index is 10.9. The quantitative estimate of drug-likeness (QED) is 0.494. The summed E-state index contributed by atoms with van der Waals surface area (Å²) >= 11 is 0. The number of aliphatic hydroxyl groups is 1. The normalized spacial score (nSPS) is 27.1. The highest BCUT2D eigenvalue weighted by Gasteiger charge is 2.22. The van der Waals surface area contributed by atoms with Crippen molar-refractivity contribution >= 4 is 13.9 Å². The molecule has 1 aliphatic rings. The lowest BCUT2D eigenvalue weighted by atomic mass is 9.99. The third-order valence-corrected chi connectivity index (χ3v) is 1.82. The molecule has 4 heteroatoms. The summed E-state index contributed by atoms with van der Waals surface area (Å²) in [4.78, 5) is 12.0. The van der Waals surface area contributed by atoms with Crippen LogP contribution in [0.3, 0.4) is 0 Å². The van der Waals surface area contributed by atoms with Gasteiger partial charge in [0.05, 0.1) is 6.61 Å². The molecule has 0 aromatic heterocycles. The average Bonchev–Trinajstić information content (AvgIpc) is 1.95. The first-order valence-electron chi connectivity index (χ1n) is 3.43. The summed E-state index contributed by atoms with van der Waals surface area (Å²) < 4.78 is 0. The molecule has 1 heterocycles. The van der Waals surface area contributed by atoms with Crippen molar-refractivity contribution < 1.29 is 9.90 Å². The predicted molar refractivity (Wildman–Crippen MR) is 37.3 cm³/mol. The Morgan fingerprint density at radius 2 is 2.50 bits per heavy atom. The molecule has 1 saturated heterocycles. The van der Waals surface area contributed by atoms with Crippen molar-refractivity contribution in [2.75, 3.05) is 6.61 Å². The molecular weight excluding hydrogens is 129 g/mol. The van der Waals surface area contributed by atoms with Crippen LogP contribution in [0.1, 0.15) is 19.3 Å². The van der Waals surface area contributed by atoms with Crippen LogP contribution in [0.15, 0.2) is 0 Å². The van der Waals surface area contributed by atoms with E-state index in [1.165, 1.54) is 0 Å². The van der Waals surface area contributed by atoms with Crippen molar-refractivity contribution in [3.8, 4) is 0 Å². The maximum atomic E-state index is 10.9. The van der Waals surface area contributed by atoms with Gasteiger partial charge in [-0.3, -0.25) is 4.79 Å². The van der Waals surface area contributed by atoms with Gasteiger partial charge in [0.2, 0.25) is 13.9 Å². The van der Waals surface area contributed by atoms with E-state index in [0.717, 1.165) is 17.7 Å². The molecule has 0 aromatic carbocycles. The van der Waals surface area contributed by atoms with Crippen molar-refractivity contribution in [3.63, 3.8) is 0 Å². The fourth-order valence-corrected chi connectivity index (χ4v) is 1.14. The van der Waals surface area contributed by atoms with Crippen molar-refractivity contribution in [1.29, 1.82) is 0 Å². The third-order valence-electron chi connectivity index (χ3n) is 1.82. The second kappa shape index (κ2) is 3.06. The number of carbonyl (C=O) groups excluding carboxylic acids is 1. The van der Waals surface area contributed by atoms with Gasteiger partial charge in [-0.05, 0) is 12.8 Å². The molecule has 2 radical (unpaired) electrons. The van der Waals surface area contributed by atoms with Crippen LogP contribution < -0.4 is 0 Å². The van der Waals surface area contributed by atoms with Gasteiger partial charge in [0.1, 0.15) is 0 Å². The highest BCUT2D eigenvalue weighted by Crippen LogP contribution is 2.14. The van der Waals surface area contributed by atoms with Crippen LogP contribution >= 0.6 is 0 Å². The van der Waals surface area contributed by atoms with Crippen LogP contribution in [-0.2, 0) is 4.79 Å². The second-order valence-electron chi connectivity index (χ2n) is 2.53. The van der Waals surface area contributed by atoms with E-state index in [9.17, 15) is 4.79 Å². The molecule has 1 unspecified atom stereocenters. The molecule has 0 bridgehead atoms. The van der Waals surface area contributed by atoms with Crippen molar-refractivity contribution in [2.24, 2.45) is 0 Å². The number of hydrogen-bond acceptors (Lipinski definition) is 2. The molecule has 1 fully saturated rings. The first-order chi connectivity index (χ1) is 4.75. The summed E-state index contributed by atoms with van der Waals surface area (Å²) in [5.41, 5.74) is 0. The van der Waals surface area contributed by atoms with Crippen LogP contribution in [0.2, 0.25) is 0 Å². The molecule has 1 rings (SSSR count). The lowest BCUT2D eigenvalue weighted by Crippen LogP contribution is -2.43. The molecule has 3 nitrogen and oxygen atoms in total. The van der Waals surface area contributed by atoms with Gasteiger partial charge in [-0.25, -0.2) is 0 Å². The van der Waals surface area contributed by atoms with Crippen molar-refractivity contribution in [3.05, 3.63) is 0 Å². The Labute approximate surface area is 61.4 Å². The Morgan fingerprint density at radius 3 is 3.00 bits per heavy atom. The number of piperidine rings is 1. The second-order valence-corrected chi connectivity index (χ2v) is 2.53. The molecule has 0 saturated carbocycles. The topological polar surface area (TPSA) is 40.5 Å². The lowest BCUT2D eigenvalue weighted by molar-refractivity contribution is -0.131. The highest BCUT2D eigenvalue weighted by molar-refractivity contribution is 6.14. The van der Waals surface area contributed by atoms with Gasteiger partial charge < -0.3 is 9.92 Å². The summed E-state index contributed by atoms with van der Waals surface area (Å²) in [5, 5.41) is 8.71. The third kappa shape index (κ3) is 1.32. The fraction of sp³-hybridized carbons (Fsp3) is 0.833. The van der Waals surface area contributed by atoms with Crippen LogP contribution in [0.5, 0.6) is 0 Å². The lowest BCUT2D eigenvalue weighted by Gasteiger charge is -2.31. The number of aliphatic hydroxyl groups excluding tert-OH is 1. The average molecular weight is 139 g/mol. The SMILES string of the molecule is [B]N1C(=O)CCCC1CO. The first kappa shape index (κ1) is 7.60. The minimum atomic E-state index is -0.152. The Kier molecular flexibility index (Phi) is 2.32. The van der Waals surface area contributed by atoms with Gasteiger partial charge in [0.25, 0.3) is 0 Å². The Bertz CT molecular complexity index is 140. The van der Waals surface area contributed by atoms with Crippen LogP contribution in [-0.4, -0.2) is 36.5 Å². The number of rotatable bonds is 1. The molecule has 0 aromatic rings. The molecule has 1 atom stereocenters. The van der Waals surface area contributed by atoms with E-state index in [-0.39, 0.29) is 18.6 Å². The summed E-state index contributed by atoms with van der Waals surface area (Å²) in [6.07, 6.45) is 2.18. The van der Waals surface area contributed by atoms with E-state index >= 15 is 0 Å². The van der Waals surface area contributed by atoms with Crippen LogP contribution in [0.4, 0.5) is 0 Å². The number of amides is 1. The zero-order chi connectivity index (χ0) is 7.56. The molecule has 54 valence electrons. The minimum Gasteiger partial charge on any atom is -0.394 e. The Morgan fingerprint density at radius 1 is 1.80 bits per heavy atom. The van der Waals surface area contributed by atoms with E-state index in [2.05, 4.69) is 0 Å². The van der Waals surface area contributed by atoms with Crippen LogP contribution in [0, 0.1) is 0 Å². The van der Waals surface area contributed by atoms with E-state index in [1.54, 1.807) is 0 Å². The smallest absolute Gasteiger partial charge is 0.230 e. The standard InChI is InChI=1S/C6H10BNO2/c7-8-5(4-9)2-1-3-6(8)10/h5,9H,1-4H2. The Balaban J connectivity index is 2.51. The molecular formula is C6H10BNO2. The molecule has 1 amide bonds. The van der Waals surface area contributed by atoms with Crippen molar-refractivity contribution in [2.45, 2.75) is 25.3 Å². The van der Waals surface area contributed by atoms with E-state index in [1.807, 2.05) is 0 Å². The van der Waals surface area contributed by atoms with Gasteiger partial charge in [0, 0.05) is 12.5 Å². The largest absolute Gasteiger partial charge is 0.394 e. The first-order valence-corrected chi connectivity index (χ1v) is 3.43. The fourth-order valence-electron chi connectivity index (χ4n) is 1.14. The zero-order valence-electron chi connectivity index (χ0n) is 5.79. The van der Waals surface area contributed by atoms with E-state index in [4.69, 9.17) is 13.1 Å². The molecule has 10 heavy (non-hydrogen) atoms. The highest BCUT2D eigenvalue weighted by atomic mass is 16.3. The number of nitrogens with zero attached hydrogens (tertiary/aromatic N) is 1. The summed E-state index contributed by atoms with van der Waals surface area (Å²) in [7, 11) is 5.36. The monoisotopic (exact) mass is 139 g/mol. The van der Waals surface area contributed by atoms with E-state index < -0.39 is 0 Å². The van der Waals surface area contributed by atoms with Crippen molar-refractivity contribution in [1.82, 2.24) is 4.81 Å². The number of carbonyl (C=O) groups is 1. The van der Waals surface area contributed by atoms with Crippen LogP contribution in [0.25, 0.3) is 0 Å². The van der Waals surface area contributed by atoms with Gasteiger partial charge in [0.15, 0.2) is 0 Å². The molecule has 1 aliphatic heterocycles. The molecule has 0 spiro atoms.